The molecule has 108 valence electrons. The standard InChI is InChI=1S/C13H27NO4/c1-2-3-4-5-6-7-14(8-12(17)10-15)9-13(18)11-16/h2,12-13,15-18H,1,3-11H2. The van der Waals surface area contributed by atoms with Crippen molar-refractivity contribution in [1.82, 2.24) is 4.90 Å². The smallest absolute Gasteiger partial charge is 0.0897 e. The van der Waals surface area contributed by atoms with Crippen LogP contribution in [0.4, 0.5) is 0 Å². The molecule has 0 aliphatic rings. The van der Waals surface area contributed by atoms with E-state index < -0.39 is 12.2 Å². The lowest BCUT2D eigenvalue weighted by atomic mass is 10.1. The molecular weight excluding hydrogens is 234 g/mol. The molecule has 0 aliphatic carbocycles. The highest BCUT2D eigenvalue weighted by Gasteiger charge is 2.14. The van der Waals surface area contributed by atoms with Crippen molar-refractivity contribution in [2.75, 3.05) is 32.8 Å². The lowest BCUT2D eigenvalue weighted by molar-refractivity contribution is 0.0228. The highest BCUT2D eigenvalue weighted by atomic mass is 16.3. The maximum atomic E-state index is 9.41. The normalized spacial score (nSPS) is 14.7. The molecule has 0 aromatic rings. The van der Waals surface area contributed by atoms with Crippen molar-refractivity contribution in [3.63, 3.8) is 0 Å². The Bertz CT molecular complexity index is 189. The zero-order valence-corrected chi connectivity index (χ0v) is 11.0. The SMILES string of the molecule is C=CCCCCCN(CC(O)CO)CC(O)CO. The number of nitrogens with zero attached hydrogens (tertiary/aromatic N) is 1. The average molecular weight is 261 g/mol. The molecule has 0 fully saturated rings. The lowest BCUT2D eigenvalue weighted by Gasteiger charge is -2.26. The van der Waals surface area contributed by atoms with Gasteiger partial charge in [0.25, 0.3) is 0 Å². The molecule has 0 aliphatic heterocycles. The molecular formula is C13H27NO4. The van der Waals surface area contributed by atoms with Crippen molar-refractivity contribution >= 4 is 0 Å². The molecule has 0 aromatic heterocycles. The third-order valence-corrected chi connectivity index (χ3v) is 2.74. The van der Waals surface area contributed by atoms with Gasteiger partial charge in [-0.2, -0.15) is 0 Å². The second kappa shape index (κ2) is 11.6. The van der Waals surface area contributed by atoms with E-state index in [-0.39, 0.29) is 13.2 Å². The summed E-state index contributed by atoms with van der Waals surface area (Å²) in [5.41, 5.74) is 0. The molecule has 0 amide bonds. The Hall–Kier alpha value is -0.460. The second-order valence-corrected chi connectivity index (χ2v) is 4.57. The number of allylic oxidation sites excluding steroid dienone is 1. The minimum Gasteiger partial charge on any atom is -0.394 e. The van der Waals surface area contributed by atoms with Gasteiger partial charge in [-0.3, -0.25) is 4.90 Å². The molecule has 0 heterocycles. The van der Waals surface area contributed by atoms with E-state index in [0.717, 1.165) is 32.2 Å². The van der Waals surface area contributed by atoms with Crippen molar-refractivity contribution in [1.29, 1.82) is 0 Å². The fourth-order valence-corrected chi connectivity index (χ4v) is 1.77. The molecule has 18 heavy (non-hydrogen) atoms. The van der Waals surface area contributed by atoms with Gasteiger partial charge in [0.2, 0.25) is 0 Å². The van der Waals surface area contributed by atoms with Gasteiger partial charge in [0.15, 0.2) is 0 Å². The van der Waals surface area contributed by atoms with E-state index >= 15 is 0 Å². The van der Waals surface area contributed by atoms with Crippen LogP contribution in [0.3, 0.4) is 0 Å². The van der Waals surface area contributed by atoms with Gasteiger partial charge in [0.1, 0.15) is 0 Å². The van der Waals surface area contributed by atoms with Crippen LogP contribution in [0.15, 0.2) is 12.7 Å². The highest BCUT2D eigenvalue weighted by Crippen LogP contribution is 2.04. The van der Waals surface area contributed by atoms with Crippen molar-refractivity contribution in [3.8, 4) is 0 Å². The maximum absolute atomic E-state index is 9.41. The Morgan fingerprint density at radius 3 is 1.94 bits per heavy atom. The summed E-state index contributed by atoms with van der Waals surface area (Å²) in [6.07, 6.45) is 4.40. The Morgan fingerprint density at radius 2 is 1.50 bits per heavy atom. The number of hydrogen-bond acceptors (Lipinski definition) is 5. The van der Waals surface area contributed by atoms with E-state index in [2.05, 4.69) is 6.58 Å². The fourth-order valence-electron chi connectivity index (χ4n) is 1.77. The predicted molar refractivity (Wildman–Crippen MR) is 71.3 cm³/mol. The van der Waals surface area contributed by atoms with Gasteiger partial charge in [-0.05, 0) is 25.8 Å². The summed E-state index contributed by atoms with van der Waals surface area (Å²) in [6, 6.07) is 0. The summed E-state index contributed by atoms with van der Waals surface area (Å²) in [4.78, 5) is 1.87. The Balaban J connectivity index is 3.91. The maximum Gasteiger partial charge on any atom is 0.0897 e. The summed E-state index contributed by atoms with van der Waals surface area (Å²) < 4.78 is 0. The average Bonchev–Trinajstić information content (AvgIpc) is 2.37. The topological polar surface area (TPSA) is 84.2 Å². The van der Waals surface area contributed by atoms with Gasteiger partial charge in [0.05, 0.1) is 25.4 Å². The summed E-state index contributed by atoms with van der Waals surface area (Å²) in [5, 5.41) is 36.4. The molecule has 5 nitrogen and oxygen atoms in total. The van der Waals surface area contributed by atoms with Crippen molar-refractivity contribution < 1.29 is 20.4 Å². The number of hydrogen-bond donors (Lipinski definition) is 4. The van der Waals surface area contributed by atoms with E-state index in [9.17, 15) is 10.2 Å². The van der Waals surface area contributed by atoms with Crippen LogP contribution < -0.4 is 0 Å². The predicted octanol–water partition coefficient (Wildman–Crippen LogP) is -0.259. The summed E-state index contributed by atoms with van der Waals surface area (Å²) >= 11 is 0. The molecule has 2 unspecified atom stereocenters. The van der Waals surface area contributed by atoms with Crippen molar-refractivity contribution in [3.05, 3.63) is 12.7 Å². The minimum absolute atomic E-state index is 0.289. The first-order valence-electron chi connectivity index (χ1n) is 6.55. The summed E-state index contributed by atoms with van der Waals surface area (Å²) in [7, 11) is 0. The Labute approximate surface area is 109 Å². The molecule has 0 radical (unpaired) electrons. The van der Waals surface area contributed by atoms with E-state index in [1.54, 1.807) is 0 Å². The van der Waals surface area contributed by atoms with E-state index in [0.29, 0.717) is 13.1 Å². The molecule has 0 spiro atoms. The number of unbranched alkanes of at least 4 members (excludes halogenated alkanes) is 3. The van der Waals surface area contributed by atoms with Gasteiger partial charge in [-0.15, -0.1) is 6.58 Å². The molecule has 2 atom stereocenters. The molecule has 5 heteroatoms. The van der Waals surface area contributed by atoms with Gasteiger partial charge < -0.3 is 20.4 Å². The van der Waals surface area contributed by atoms with Crippen molar-refractivity contribution in [2.45, 2.75) is 37.9 Å². The first kappa shape index (κ1) is 17.5. The van der Waals surface area contributed by atoms with Crippen LogP contribution in [-0.2, 0) is 0 Å². The van der Waals surface area contributed by atoms with Crippen molar-refractivity contribution in [2.24, 2.45) is 0 Å². The zero-order valence-electron chi connectivity index (χ0n) is 11.0. The number of rotatable bonds is 12. The third kappa shape index (κ3) is 9.56. The first-order valence-corrected chi connectivity index (χ1v) is 6.55. The van der Waals surface area contributed by atoms with Crippen LogP contribution in [0.1, 0.15) is 25.7 Å². The molecule has 0 rings (SSSR count). The largest absolute Gasteiger partial charge is 0.394 e. The van der Waals surface area contributed by atoms with Gasteiger partial charge in [0, 0.05) is 13.1 Å². The van der Waals surface area contributed by atoms with E-state index in [1.807, 2.05) is 11.0 Å². The number of aliphatic hydroxyl groups is 4. The summed E-state index contributed by atoms with van der Waals surface area (Å²) in [6.45, 7) is 4.45. The van der Waals surface area contributed by atoms with Crippen LogP contribution in [0.25, 0.3) is 0 Å². The van der Waals surface area contributed by atoms with Crippen LogP contribution in [-0.4, -0.2) is 70.4 Å². The van der Waals surface area contributed by atoms with Crippen LogP contribution in [0.2, 0.25) is 0 Å². The van der Waals surface area contributed by atoms with Crippen LogP contribution in [0, 0.1) is 0 Å². The van der Waals surface area contributed by atoms with Gasteiger partial charge >= 0.3 is 0 Å². The molecule has 0 aromatic carbocycles. The molecule has 4 N–H and O–H groups in total. The van der Waals surface area contributed by atoms with Gasteiger partial charge in [-0.1, -0.05) is 12.5 Å². The van der Waals surface area contributed by atoms with Gasteiger partial charge in [-0.25, -0.2) is 0 Å². The molecule has 0 saturated heterocycles. The van der Waals surface area contributed by atoms with E-state index in [4.69, 9.17) is 10.2 Å². The monoisotopic (exact) mass is 261 g/mol. The van der Waals surface area contributed by atoms with Crippen LogP contribution >= 0.6 is 0 Å². The zero-order chi connectivity index (χ0) is 13.8. The molecule has 0 saturated carbocycles. The quantitative estimate of drug-likeness (QED) is 0.287. The van der Waals surface area contributed by atoms with E-state index in [1.165, 1.54) is 0 Å². The van der Waals surface area contributed by atoms with Crippen LogP contribution in [0.5, 0.6) is 0 Å². The number of aliphatic hydroxyl groups excluding tert-OH is 4. The highest BCUT2D eigenvalue weighted by molar-refractivity contribution is 4.69. The third-order valence-electron chi connectivity index (χ3n) is 2.74. The Morgan fingerprint density at radius 1 is 0.944 bits per heavy atom. The first-order chi connectivity index (χ1) is 8.63. The second-order valence-electron chi connectivity index (χ2n) is 4.57. The fraction of sp³-hybridized carbons (Fsp3) is 0.846. The Kier molecular flexibility index (Phi) is 11.3. The summed E-state index contributed by atoms with van der Waals surface area (Å²) in [5.74, 6) is 0. The minimum atomic E-state index is -0.802. The lowest BCUT2D eigenvalue weighted by Crippen LogP contribution is -2.40. The molecule has 0 bridgehead atoms.